The minimum Gasteiger partial charge on any atom is -0.393 e. The molecular formula is C12H15F2NO. The second-order valence-corrected chi connectivity index (χ2v) is 4.38. The summed E-state index contributed by atoms with van der Waals surface area (Å²) in [7, 11) is 0. The first-order valence-electron chi connectivity index (χ1n) is 5.45. The Morgan fingerprint density at radius 2 is 2.00 bits per heavy atom. The number of hydrogen-bond donors (Lipinski definition) is 2. The topological polar surface area (TPSA) is 32.3 Å². The normalized spacial score (nSPS) is 26.2. The van der Waals surface area contributed by atoms with E-state index in [0.29, 0.717) is 0 Å². The maximum Gasteiger partial charge on any atom is 0.159 e. The largest absolute Gasteiger partial charge is 0.393 e. The molecule has 0 amide bonds. The molecule has 0 heterocycles. The van der Waals surface area contributed by atoms with E-state index >= 15 is 0 Å². The van der Waals surface area contributed by atoms with Gasteiger partial charge in [0, 0.05) is 12.1 Å². The summed E-state index contributed by atoms with van der Waals surface area (Å²) >= 11 is 0. The van der Waals surface area contributed by atoms with Gasteiger partial charge >= 0.3 is 0 Å². The lowest BCUT2D eigenvalue weighted by Gasteiger charge is -2.34. The molecule has 4 heteroatoms. The lowest BCUT2D eigenvalue weighted by Crippen LogP contribution is -2.45. The number of aliphatic hydroxyl groups is 1. The van der Waals surface area contributed by atoms with Gasteiger partial charge in [0.25, 0.3) is 0 Å². The van der Waals surface area contributed by atoms with Crippen LogP contribution in [0.15, 0.2) is 18.2 Å². The summed E-state index contributed by atoms with van der Waals surface area (Å²) in [6, 6.07) is 4.16. The van der Waals surface area contributed by atoms with Crippen LogP contribution in [0.2, 0.25) is 0 Å². The fourth-order valence-electron chi connectivity index (χ4n) is 1.96. The first-order chi connectivity index (χ1) is 7.56. The van der Waals surface area contributed by atoms with Gasteiger partial charge in [-0.25, -0.2) is 8.78 Å². The van der Waals surface area contributed by atoms with E-state index in [1.807, 2.05) is 6.92 Å². The van der Waals surface area contributed by atoms with Crippen molar-refractivity contribution < 1.29 is 13.9 Å². The van der Waals surface area contributed by atoms with E-state index in [0.717, 1.165) is 24.5 Å². The van der Waals surface area contributed by atoms with Crippen molar-refractivity contribution >= 4 is 0 Å². The molecule has 1 aromatic carbocycles. The van der Waals surface area contributed by atoms with E-state index < -0.39 is 11.6 Å². The van der Waals surface area contributed by atoms with Crippen molar-refractivity contribution in [3.63, 3.8) is 0 Å². The molecule has 16 heavy (non-hydrogen) atoms. The van der Waals surface area contributed by atoms with Crippen molar-refractivity contribution in [1.82, 2.24) is 5.32 Å². The third kappa shape index (κ3) is 2.39. The molecule has 1 unspecified atom stereocenters. The average Bonchev–Trinajstić information content (AvgIpc) is 2.19. The molecular weight excluding hydrogens is 212 g/mol. The summed E-state index contributed by atoms with van der Waals surface area (Å²) in [4.78, 5) is 0. The van der Waals surface area contributed by atoms with Crippen LogP contribution in [0.3, 0.4) is 0 Å². The predicted molar refractivity (Wildman–Crippen MR) is 56.9 cm³/mol. The highest BCUT2D eigenvalue weighted by Gasteiger charge is 2.28. The molecule has 0 aromatic heterocycles. The molecule has 1 aliphatic rings. The van der Waals surface area contributed by atoms with E-state index in [1.165, 1.54) is 6.07 Å². The van der Waals surface area contributed by atoms with Crippen molar-refractivity contribution in [3.05, 3.63) is 35.4 Å². The second-order valence-electron chi connectivity index (χ2n) is 4.38. The molecule has 0 radical (unpaired) electrons. The van der Waals surface area contributed by atoms with Crippen LogP contribution >= 0.6 is 0 Å². The monoisotopic (exact) mass is 227 g/mol. The van der Waals surface area contributed by atoms with Crippen LogP contribution in [0.25, 0.3) is 0 Å². The van der Waals surface area contributed by atoms with Gasteiger partial charge in [0.2, 0.25) is 0 Å². The van der Waals surface area contributed by atoms with E-state index in [9.17, 15) is 8.78 Å². The van der Waals surface area contributed by atoms with Gasteiger partial charge in [-0.15, -0.1) is 0 Å². The van der Waals surface area contributed by atoms with Gasteiger partial charge in [-0.05, 0) is 37.5 Å². The van der Waals surface area contributed by atoms with Crippen LogP contribution in [-0.4, -0.2) is 17.3 Å². The molecule has 1 aromatic rings. The first kappa shape index (κ1) is 11.5. The molecule has 2 nitrogen and oxygen atoms in total. The van der Waals surface area contributed by atoms with Gasteiger partial charge in [0.1, 0.15) is 0 Å². The van der Waals surface area contributed by atoms with Gasteiger partial charge in [0.15, 0.2) is 11.6 Å². The van der Waals surface area contributed by atoms with Crippen molar-refractivity contribution in [3.8, 4) is 0 Å². The predicted octanol–water partition coefficient (Wildman–Crippen LogP) is 2.14. The smallest absolute Gasteiger partial charge is 0.159 e. The molecule has 0 bridgehead atoms. The fourth-order valence-corrected chi connectivity index (χ4v) is 1.96. The summed E-state index contributed by atoms with van der Waals surface area (Å²) in [6.07, 6.45) is 1.25. The van der Waals surface area contributed by atoms with Crippen LogP contribution in [0.1, 0.15) is 31.4 Å². The van der Waals surface area contributed by atoms with Crippen LogP contribution < -0.4 is 5.32 Å². The zero-order valence-corrected chi connectivity index (χ0v) is 9.08. The Hall–Kier alpha value is -1.00. The van der Waals surface area contributed by atoms with Crippen LogP contribution in [0.5, 0.6) is 0 Å². The van der Waals surface area contributed by atoms with Gasteiger partial charge < -0.3 is 10.4 Å². The zero-order valence-electron chi connectivity index (χ0n) is 9.08. The zero-order chi connectivity index (χ0) is 11.7. The number of halogens is 2. The number of nitrogens with one attached hydrogen (secondary N) is 1. The first-order valence-corrected chi connectivity index (χ1v) is 5.45. The maximum atomic E-state index is 13.0. The third-order valence-corrected chi connectivity index (χ3v) is 3.04. The quantitative estimate of drug-likeness (QED) is 0.829. The van der Waals surface area contributed by atoms with E-state index in [2.05, 4.69) is 5.32 Å². The highest BCUT2D eigenvalue weighted by atomic mass is 19.2. The molecule has 1 fully saturated rings. The van der Waals surface area contributed by atoms with Crippen molar-refractivity contribution in [1.29, 1.82) is 0 Å². The molecule has 1 aliphatic carbocycles. The van der Waals surface area contributed by atoms with Crippen LogP contribution in [0.4, 0.5) is 8.78 Å². The molecule has 1 atom stereocenters. The number of hydrogen-bond acceptors (Lipinski definition) is 2. The molecule has 2 rings (SSSR count). The summed E-state index contributed by atoms with van der Waals surface area (Å²) in [6.45, 7) is 1.90. The highest BCUT2D eigenvalue weighted by molar-refractivity contribution is 5.21. The Bertz CT molecular complexity index is 377. The molecule has 2 N–H and O–H groups in total. The van der Waals surface area contributed by atoms with Gasteiger partial charge in [0.05, 0.1) is 6.10 Å². The van der Waals surface area contributed by atoms with Crippen molar-refractivity contribution in [2.75, 3.05) is 0 Å². The van der Waals surface area contributed by atoms with Crippen LogP contribution in [-0.2, 0) is 0 Å². The molecule has 0 aliphatic heterocycles. The average molecular weight is 227 g/mol. The second kappa shape index (κ2) is 4.47. The number of benzene rings is 1. The molecule has 0 spiro atoms. The van der Waals surface area contributed by atoms with Crippen molar-refractivity contribution in [2.24, 2.45) is 0 Å². The van der Waals surface area contributed by atoms with E-state index in [1.54, 1.807) is 6.07 Å². The Kier molecular flexibility index (Phi) is 3.21. The fraction of sp³-hybridized carbons (Fsp3) is 0.500. The van der Waals surface area contributed by atoms with Crippen molar-refractivity contribution in [2.45, 2.75) is 38.0 Å². The molecule has 88 valence electrons. The molecule has 1 saturated carbocycles. The Morgan fingerprint density at radius 3 is 2.56 bits per heavy atom. The van der Waals surface area contributed by atoms with E-state index in [-0.39, 0.29) is 18.2 Å². The summed E-state index contributed by atoms with van der Waals surface area (Å²) in [5.74, 6) is -1.64. The minimum atomic E-state index is -0.824. The summed E-state index contributed by atoms with van der Waals surface area (Å²) in [5, 5.41) is 12.4. The lowest BCUT2D eigenvalue weighted by atomic mass is 9.88. The highest BCUT2D eigenvalue weighted by Crippen LogP contribution is 2.24. The SMILES string of the molecule is CC(NC1CC(O)C1)c1ccc(F)c(F)c1. The van der Waals surface area contributed by atoms with Crippen LogP contribution in [0, 0.1) is 11.6 Å². The minimum absolute atomic E-state index is 0.0346. The number of aliphatic hydroxyl groups excluding tert-OH is 1. The summed E-state index contributed by atoms with van der Waals surface area (Å²) < 4.78 is 25.7. The lowest BCUT2D eigenvalue weighted by molar-refractivity contribution is 0.0585. The van der Waals surface area contributed by atoms with Gasteiger partial charge in [-0.2, -0.15) is 0 Å². The Balaban J connectivity index is 1.97. The van der Waals surface area contributed by atoms with Gasteiger partial charge in [-0.1, -0.05) is 6.07 Å². The van der Waals surface area contributed by atoms with E-state index in [4.69, 9.17) is 5.11 Å². The maximum absolute atomic E-state index is 13.0. The third-order valence-electron chi connectivity index (χ3n) is 3.04. The molecule has 0 saturated heterocycles. The number of rotatable bonds is 3. The Labute approximate surface area is 93.3 Å². The summed E-state index contributed by atoms with van der Waals surface area (Å²) in [5.41, 5.74) is 0.722. The standard InChI is InChI=1S/C12H15F2NO/c1-7(15-9-5-10(16)6-9)8-2-3-11(13)12(14)4-8/h2-4,7,9-10,15-16H,5-6H2,1H3. The van der Waals surface area contributed by atoms with Gasteiger partial charge in [-0.3, -0.25) is 0 Å². The Morgan fingerprint density at radius 1 is 1.31 bits per heavy atom.